The standard InChI is InChI=1S/C19H28N4O5/c24-12-17(26)23-15(19(27)28)9-11-20-16(25)6-2-1-5-14-8-7-13-4-3-10-21-18(13)22-14/h7-8,15,24H,1-6,9-12H2,(H,20,25)(H,21,22)(H,23,26)(H,27,28). The number of carboxylic acid groups (broad SMARTS) is 1. The molecule has 28 heavy (non-hydrogen) atoms. The number of carbonyl (C=O) groups is 3. The molecule has 2 heterocycles. The van der Waals surface area contributed by atoms with E-state index in [2.05, 4.69) is 27.0 Å². The van der Waals surface area contributed by atoms with Crippen molar-refractivity contribution in [1.82, 2.24) is 15.6 Å². The molecule has 0 saturated heterocycles. The van der Waals surface area contributed by atoms with Gasteiger partial charge in [-0.25, -0.2) is 9.78 Å². The fourth-order valence-corrected chi connectivity index (χ4v) is 3.04. The Morgan fingerprint density at radius 3 is 2.79 bits per heavy atom. The summed E-state index contributed by atoms with van der Waals surface area (Å²) in [4.78, 5) is 38.6. The summed E-state index contributed by atoms with van der Waals surface area (Å²) in [7, 11) is 0. The number of aryl methyl sites for hydroxylation is 2. The number of carbonyl (C=O) groups excluding carboxylic acids is 2. The largest absolute Gasteiger partial charge is 0.480 e. The first-order chi connectivity index (χ1) is 13.5. The van der Waals surface area contributed by atoms with Crippen molar-refractivity contribution < 1.29 is 24.6 Å². The zero-order chi connectivity index (χ0) is 20.4. The smallest absolute Gasteiger partial charge is 0.326 e. The molecule has 1 atom stereocenters. The van der Waals surface area contributed by atoms with Crippen LogP contribution in [0.2, 0.25) is 0 Å². The highest BCUT2D eigenvalue weighted by Crippen LogP contribution is 2.20. The number of carboxylic acids is 1. The summed E-state index contributed by atoms with van der Waals surface area (Å²) < 4.78 is 0. The quantitative estimate of drug-likeness (QED) is 0.339. The average molecular weight is 392 g/mol. The molecule has 0 radical (unpaired) electrons. The summed E-state index contributed by atoms with van der Waals surface area (Å²) in [5.41, 5.74) is 2.27. The molecule has 0 fully saturated rings. The highest BCUT2D eigenvalue weighted by molar-refractivity contribution is 5.84. The van der Waals surface area contributed by atoms with Crippen LogP contribution in [-0.2, 0) is 27.2 Å². The number of pyridine rings is 1. The summed E-state index contributed by atoms with van der Waals surface area (Å²) in [5.74, 6) is -1.15. The molecule has 9 nitrogen and oxygen atoms in total. The minimum absolute atomic E-state index is 0.0544. The van der Waals surface area contributed by atoms with Gasteiger partial charge >= 0.3 is 5.97 Å². The highest BCUT2D eigenvalue weighted by Gasteiger charge is 2.19. The second-order valence-electron chi connectivity index (χ2n) is 6.80. The fraction of sp³-hybridized carbons (Fsp3) is 0.579. The molecular formula is C19H28N4O5. The second kappa shape index (κ2) is 11.2. The predicted molar refractivity (Wildman–Crippen MR) is 103 cm³/mol. The number of amides is 2. The van der Waals surface area contributed by atoms with E-state index in [1.165, 1.54) is 5.56 Å². The Bertz CT molecular complexity index is 695. The van der Waals surface area contributed by atoms with Crippen LogP contribution >= 0.6 is 0 Å². The molecule has 1 aliphatic heterocycles. The number of aliphatic hydroxyl groups is 1. The van der Waals surface area contributed by atoms with E-state index in [0.717, 1.165) is 43.7 Å². The minimum Gasteiger partial charge on any atom is -0.480 e. The number of nitrogens with one attached hydrogen (secondary N) is 3. The van der Waals surface area contributed by atoms with Gasteiger partial charge in [-0.15, -0.1) is 0 Å². The van der Waals surface area contributed by atoms with Crippen molar-refractivity contribution in [3.05, 3.63) is 23.4 Å². The number of anilines is 1. The third-order valence-electron chi connectivity index (χ3n) is 4.57. The topological polar surface area (TPSA) is 141 Å². The van der Waals surface area contributed by atoms with E-state index in [0.29, 0.717) is 12.8 Å². The third-order valence-corrected chi connectivity index (χ3v) is 4.57. The Balaban J connectivity index is 1.62. The van der Waals surface area contributed by atoms with Gasteiger partial charge in [0.2, 0.25) is 11.8 Å². The van der Waals surface area contributed by atoms with Gasteiger partial charge in [-0.1, -0.05) is 6.07 Å². The Morgan fingerprint density at radius 2 is 2.04 bits per heavy atom. The van der Waals surface area contributed by atoms with Gasteiger partial charge < -0.3 is 26.2 Å². The van der Waals surface area contributed by atoms with Crippen molar-refractivity contribution in [3.63, 3.8) is 0 Å². The van der Waals surface area contributed by atoms with Crippen molar-refractivity contribution >= 4 is 23.6 Å². The van der Waals surface area contributed by atoms with Crippen LogP contribution in [0.3, 0.4) is 0 Å². The summed E-state index contributed by atoms with van der Waals surface area (Å²) in [6.07, 6.45) is 4.94. The molecule has 1 aliphatic rings. The molecule has 0 bridgehead atoms. The van der Waals surface area contributed by atoms with Crippen molar-refractivity contribution in [2.75, 3.05) is 25.0 Å². The molecule has 1 unspecified atom stereocenters. The van der Waals surface area contributed by atoms with Gasteiger partial charge in [0.15, 0.2) is 0 Å². The Morgan fingerprint density at radius 1 is 1.21 bits per heavy atom. The molecule has 0 saturated carbocycles. The van der Waals surface area contributed by atoms with Crippen molar-refractivity contribution in [3.8, 4) is 0 Å². The van der Waals surface area contributed by atoms with E-state index in [1.54, 1.807) is 0 Å². The third kappa shape index (κ3) is 7.15. The zero-order valence-corrected chi connectivity index (χ0v) is 15.9. The van der Waals surface area contributed by atoms with Gasteiger partial charge in [0.1, 0.15) is 18.5 Å². The van der Waals surface area contributed by atoms with Gasteiger partial charge in [0.25, 0.3) is 0 Å². The van der Waals surface area contributed by atoms with Crippen LogP contribution in [-0.4, -0.2) is 58.7 Å². The lowest BCUT2D eigenvalue weighted by Gasteiger charge is -2.17. The number of fused-ring (bicyclic) bond motifs is 1. The van der Waals surface area contributed by atoms with Crippen LogP contribution in [0.15, 0.2) is 12.1 Å². The number of aliphatic carboxylic acids is 1. The van der Waals surface area contributed by atoms with Crippen LogP contribution < -0.4 is 16.0 Å². The molecule has 0 aromatic carbocycles. The van der Waals surface area contributed by atoms with Crippen molar-refractivity contribution in [1.29, 1.82) is 0 Å². The van der Waals surface area contributed by atoms with Gasteiger partial charge in [0.05, 0.1) is 0 Å². The van der Waals surface area contributed by atoms with Gasteiger partial charge in [-0.05, 0) is 50.2 Å². The molecule has 5 N–H and O–H groups in total. The van der Waals surface area contributed by atoms with E-state index in [-0.39, 0.29) is 18.9 Å². The Hall–Kier alpha value is -2.68. The first-order valence-electron chi connectivity index (χ1n) is 9.62. The molecule has 9 heteroatoms. The molecule has 0 aliphatic carbocycles. The maximum absolute atomic E-state index is 11.9. The lowest BCUT2D eigenvalue weighted by atomic mass is 10.1. The summed E-state index contributed by atoms with van der Waals surface area (Å²) in [6.45, 7) is 0.320. The fourth-order valence-electron chi connectivity index (χ4n) is 3.04. The van der Waals surface area contributed by atoms with Crippen LogP contribution in [0.4, 0.5) is 5.82 Å². The monoisotopic (exact) mass is 392 g/mol. The second-order valence-corrected chi connectivity index (χ2v) is 6.80. The van der Waals surface area contributed by atoms with E-state index in [4.69, 9.17) is 10.2 Å². The molecule has 2 rings (SSSR count). The van der Waals surface area contributed by atoms with Crippen molar-refractivity contribution in [2.45, 2.75) is 51.0 Å². The number of aromatic nitrogens is 1. The first kappa shape index (κ1) is 21.6. The summed E-state index contributed by atoms with van der Waals surface area (Å²) in [6, 6.07) is 3.02. The number of hydrogen-bond acceptors (Lipinski definition) is 6. The SMILES string of the molecule is O=C(CCCCc1ccc2c(n1)NCCC2)NCCC(NC(=O)CO)C(=O)O. The normalized spacial score (nSPS) is 13.8. The molecule has 154 valence electrons. The Labute approximate surface area is 163 Å². The van der Waals surface area contributed by atoms with E-state index >= 15 is 0 Å². The number of unbranched alkanes of at least 4 members (excludes halogenated alkanes) is 1. The van der Waals surface area contributed by atoms with E-state index in [9.17, 15) is 14.4 Å². The minimum atomic E-state index is -1.21. The lowest BCUT2D eigenvalue weighted by molar-refractivity contribution is -0.142. The van der Waals surface area contributed by atoms with Gasteiger partial charge in [-0.3, -0.25) is 9.59 Å². The average Bonchev–Trinajstić information content (AvgIpc) is 2.70. The van der Waals surface area contributed by atoms with Crippen LogP contribution in [0.5, 0.6) is 0 Å². The summed E-state index contributed by atoms with van der Waals surface area (Å²) >= 11 is 0. The molecule has 1 aromatic rings. The van der Waals surface area contributed by atoms with Crippen LogP contribution in [0, 0.1) is 0 Å². The molecule has 2 amide bonds. The van der Waals surface area contributed by atoms with Crippen LogP contribution in [0.1, 0.15) is 43.4 Å². The maximum Gasteiger partial charge on any atom is 0.326 e. The summed E-state index contributed by atoms with van der Waals surface area (Å²) in [5, 5.41) is 25.8. The predicted octanol–water partition coefficient (Wildman–Crippen LogP) is 0.221. The number of hydrogen-bond donors (Lipinski definition) is 5. The lowest BCUT2D eigenvalue weighted by Crippen LogP contribution is -2.44. The number of aliphatic hydroxyl groups excluding tert-OH is 1. The van der Waals surface area contributed by atoms with E-state index < -0.39 is 24.5 Å². The maximum atomic E-state index is 11.9. The first-order valence-corrected chi connectivity index (χ1v) is 9.62. The Kier molecular flexibility index (Phi) is 8.67. The molecular weight excluding hydrogens is 364 g/mol. The van der Waals surface area contributed by atoms with Crippen molar-refractivity contribution in [2.24, 2.45) is 0 Å². The zero-order valence-electron chi connectivity index (χ0n) is 15.9. The van der Waals surface area contributed by atoms with E-state index in [1.807, 2.05) is 6.07 Å². The number of nitrogens with zero attached hydrogens (tertiary/aromatic N) is 1. The molecule has 1 aromatic heterocycles. The van der Waals surface area contributed by atoms with Gasteiger partial charge in [0, 0.05) is 25.2 Å². The molecule has 0 spiro atoms. The highest BCUT2D eigenvalue weighted by atomic mass is 16.4. The number of rotatable bonds is 11. The van der Waals surface area contributed by atoms with Crippen LogP contribution in [0.25, 0.3) is 0 Å². The van der Waals surface area contributed by atoms with Gasteiger partial charge in [-0.2, -0.15) is 0 Å².